The van der Waals surface area contributed by atoms with Crippen LogP contribution in [0.4, 0.5) is 0 Å². The summed E-state index contributed by atoms with van der Waals surface area (Å²) in [6.07, 6.45) is 0.695. The first-order chi connectivity index (χ1) is 14.0. The number of hydrogen-bond donors (Lipinski definition) is 3. The number of Topliss-reactive ketones (excluding diaryl/α,β-unsaturated/α-hetero) is 2. The molecule has 1 aliphatic heterocycles. The van der Waals surface area contributed by atoms with E-state index < -0.39 is 22.7 Å². The van der Waals surface area contributed by atoms with Gasteiger partial charge in [-0.2, -0.15) is 12.6 Å². The van der Waals surface area contributed by atoms with Gasteiger partial charge in [0.15, 0.2) is 0 Å². The molecule has 0 fully saturated rings. The number of carboxylic acid groups (broad SMARTS) is 1. The fraction of sp³-hybridized carbons (Fsp3) is 0.476. The van der Waals surface area contributed by atoms with E-state index in [-0.39, 0.29) is 42.8 Å². The number of rotatable bonds is 11. The number of amides is 2. The molecule has 30 heavy (non-hydrogen) atoms. The van der Waals surface area contributed by atoms with E-state index in [1.165, 1.54) is 18.7 Å². The van der Waals surface area contributed by atoms with Crippen molar-refractivity contribution in [3.8, 4) is 0 Å². The minimum Gasteiger partial charge on any atom is -0.480 e. The summed E-state index contributed by atoms with van der Waals surface area (Å²) in [5.74, 6) is -2.62. The molecule has 8 nitrogen and oxygen atoms in total. The lowest BCUT2D eigenvalue weighted by Crippen LogP contribution is -2.46. The summed E-state index contributed by atoms with van der Waals surface area (Å²) in [5, 5.41) is 8.03. The largest absolute Gasteiger partial charge is 0.480 e. The summed E-state index contributed by atoms with van der Waals surface area (Å²) >= 11 is 4.30. The van der Waals surface area contributed by atoms with Gasteiger partial charge in [-0.1, -0.05) is 19.1 Å². The fourth-order valence-corrected chi connectivity index (χ4v) is 3.91. The Morgan fingerprint density at radius 1 is 1.13 bits per heavy atom. The predicted molar refractivity (Wildman–Crippen MR) is 112 cm³/mol. The zero-order valence-corrected chi connectivity index (χ0v) is 17.9. The van der Waals surface area contributed by atoms with Crippen LogP contribution in [-0.2, 0) is 14.4 Å². The number of hydrogen-bond acceptors (Lipinski definition) is 7. The Hall–Kier alpha value is -2.52. The van der Waals surface area contributed by atoms with Crippen molar-refractivity contribution in [1.82, 2.24) is 4.90 Å². The molecule has 0 saturated carbocycles. The van der Waals surface area contributed by atoms with Gasteiger partial charge in [0.1, 0.15) is 17.6 Å². The van der Waals surface area contributed by atoms with Crippen LogP contribution in [0.25, 0.3) is 0 Å². The molecule has 0 radical (unpaired) electrons. The highest BCUT2D eigenvalue weighted by Gasteiger charge is 2.43. The van der Waals surface area contributed by atoms with Crippen LogP contribution >= 0.6 is 12.6 Å². The van der Waals surface area contributed by atoms with E-state index in [1.807, 2.05) is 0 Å². The summed E-state index contributed by atoms with van der Waals surface area (Å²) in [7, 11) is 0. The van der Waals surface area contributed by atoms with E-state index in [2.05, 4.69) is 12.6 Å². The zero-order valence-electron chi connectivity index (χ0n) is 17.0. The zero-order chi connectivity index (χ0) is 22.6. The lowest BCUT2D eigenvalue weighted by atomic mass is 9.75. The number of nitrogens with zero attached hydrogens (tertiary/aromatic N) is 1. The van der Waals surface area contributed by atoms with E-state index in [9.17, 15) is 24.0 Å². The first-order valence-corrected chi connectivity index (χ1v) is 10.2. The minimum absolute atomic E-state index is 0.0858. The van der Waals surface area contributed by atoms with E-state index in [4.69, 9.17) is 10.8 Å². The van der Waals surface area contributed by atoms with Crippen LogP contribution in [0.5, 0.6) is 0 Å². The van der Waals surface area contributed by atoms with Crippen LogP contribution < -0.4 is 5.73 Å². The molecule has 1 aromatic carbocycles. The highest BCUT2D eigenvalue weighted by molar-refractivity contribution is 7.81. The Bertz CT molecular complexity index is 851. The summed E-state index contributed by atoms with van der Waals surface area (Å²) in [6, 6.07) is 5.32. The number of unbranched alkanes of at least 4 members (excludes halogenated alkanes) is 1. The van der Waals surface area contributed by atoms with Crippen molar-refractivity contribution in [3.63, 3.8) is 0 Å². The molecule has 0 aliphatic carbocycles. The molecule has 3 N–H and O–H groups in total. The summed E-state index contributed by atoms with van der Waals surface area (Å²) in [6.45, 7) is 2.96. The van der Waals surface area contributed by atoms with E-state index in [0.29, 0.717) is 24.0 Å². The van der Waals surface area contributed by atoms with Crippen LogP contribution in [0.1, 0.15) is 60.2 Å². The number of nitrogens with two attached hydrogens (primary N) is 1. The van der Waals surface area contributed by atoms with E-state index >= 15 is 0 Å². The summed E-state index contributed by atoms with van der Waals surface area (Å²) in [4.78, 5) is 61.6. The molecule has 1 unspecified atom stereocenters. The molecule has 0 aromatic heterocycles. The second-order valence-electron chi connectivity index (χ2n) is 7.76. The number of aliphatic carboxylic acids is 1. The maximum Gasteiger partial charge on any atom is 0.320 e. The predicted octanol–water partition coefficient (Wildman–Crippen LogP) is 1.72. The van der Waals surface area contributed by atoms with Crippen LogP contribution in [0.3, 0.4) is 0 Å². The second kappa shape index (κ2) is 9.53. The summed E-state index contributed by atoms with van der Waals surface area (Å²) < 4.78 is 0. The van der Waals surface area contributed by atoms with Crippen molar-refractivity contribution in [2.45, 2.75) is 50.8 Å². The average Bonchev–Trinajstić information content (AvgIpc) is 2.94. The number of benzene rings is 1. The van der Waals surface area contributed by atoms with Gasteiger partial charge in [-0.3, -0.25) is 28.9 Å². The number of ketones is 2. The molecule has 1 heterocycles. The number of imide groups is 1. The Morgan fingerprint density at radius 2 is 1.67 bits per heavy atom. The molecule has 3 atom stereocenters. The number of carbonyl (C=O) groups is 5. The van der Waals surface area contributed by atoms with Gasteiger partial charge in [0.2, 0.25) is 0 Å². The number of carbonyl (C=O) groups excluding carboxylic acids is 4. The maximum atomic E-state index is 12.6. The van der Waals surface area contributed by atoms with Gasteiger partial charge in [-0.05, 0) is 38.3 Å². The van der Waals surface area contributed by atoms with Crippen molar-refractivity contribution < 1.29 is 29.1 Å². The fourth-order valence-electron chi connectivity index (χ4n) is 3.50. The van der Waals surface area contributed by atoms with Crippen molar-refractivity contribution in [2.24, 2.45) is 11.1 Å². The van der Waals surface area contributed by atoms with E-state index in [1.54, 1.807) is 24.3 Å². The van der Waals surface area contributed by atoms with Crippen LogP contribution in [0, 0.1) is 5.41 Å². The third-order valence-electron chi connectivity index (χ3n) is 5.61. The monoisotopic (exact) mass is 434 g/mol. The molecule has 0 bridgehead atoms. The third-order valence-corrected chi connectivity index (χ3v) is 6.46. The molecule has 9 heteroatoms. The SMILES string of the molecule is CC(=O)C(C)(C[C@H](N)C(=O)O)[C@H](S)C(=O)CCCCN1C(=O)c2ccccc2C1=O. The number of carboxylic acids is 1. The second-order valence-corrected chi connectivity index (χ2v) is 8.27. The van der Waals surface area contributed by atoms with Crippen molar-refractivity contribution in [1.29, 1.82) is 0 Å². The standard InChI is InChI=1S/C21H26N2O6S/c1-12(24)21(2,11-15(22)20(28)29)17(30)16(25)9-5-6-10-23-18(26)13-7-3-4-8-14(13)19(23)27/h3-4,7-8,15,17,30H,5-6,9-11,22H2,1-2H3,(H,28,29)/t15-,17+,21?/m0/s1. The lowest BCUT2D eigenvalue weighted by Gasteiger charge is -2.33. The first-order valence-electron chi connectivity index (χ1n) is 9.66. The van der Waals surface area contributed by atoms with Gasteiger partial charge in [0, 0.05) is 18.4 Å². The highest BCUT2D eigenvalue weighted by Crippen LogP contribution is 2.34. The number of fused-ring (bicyclic) bond motifs is 1. The molecule has 0 saturated heterocycles. The quantitative estimate of drug-likeness (QED) is 0.274. The first kappa shape index (κ1) is 23.8. The van der Waals surface area contributed by atoms with Gasteiger partial charge >= 0.3 is 5.97 Å². The Morgan fingerprint density at radius 3 is 2.13 bits per heavy atom. The van der Waals surface area contributed by atoms with E-state index in [0.717, 1.165) is 0 Å². The van der Waals surface area contributed by atoms with Gasteiger partial charge in [0.25, 0.3) is 11.8 Å². The molecule has 1 aliphatic rings. The molecule has 2 amide bonds. The van der Waals surface area contributed by atoms with Crippen LogP contribution in [0.2, 0.25) is 0 Å². The van der Waals surface area contributed by atoms with Crippen molar-refractivity contribution in [2.75, 3.05) is 6.54 Å². The minimum atomic E-state index is -1.31. The van der Waals surface area contributed by atoms with Gasteiger partial charge in [0.05, 0.1) is 16.4 Å². The normalized spacial score (nSPS) is 17.3. The molecular weight excluding hydrogens is 408 g/mol. The molecular formula is C21H26N2O6S. The average molecular weight is 435 g/mol. The topological polar surface area (TPSA) is 135 Å². The maximum absolute atomic E-state index is 12.6. The molecule has 1 aromatic rings. The smallest absolute Gasteiger partial charge is 0.320 e. The Kier molecular flexibility index (Phi) is 7.54. The number of thiol groups is 1. The van der Waals surface area contributed by atoms with Crippen LogP contribution in [-0.4, -0.2) is 57.2 Å². The molecule has 0 spiro atoms. The molecule has 162 valence electrons. The molecule has 2 rings (SSSR count). The summed E-state index contributed by atoms with van der Waals surface area (Å²) in [5.41, 5.74) is 5.01. The van der Waals surface area contributed by atoms with Crippen molar-refractivity contribution >= 4 is 42.0 Å². The Balaban J connectivity index is 1.91. The van der Waals surface area contributed by atoms with Gasteiger partial charge in [-0.25, -0.2) is 0 Å². The Labute approximate surface area is 180 Å². The van der Waals surface area contributed by atoms with Gasteiger partial charge in [-0.15, -0.1) is 0 Å². The van der Waals surface area contributed by atoms with Crippen molar-refractivity contribution in [3.05, 3.63) is 35.4 Å². The lowest BCUT2D eigenvalue weighted by molar-refractivity contribution is -0.141. The van der Waals surface area contributed by atoms with Crippen LogP contribution in [0.15, 0.2) is 24.3 Å². The van der Waals surface area contributed by atoms with Gasteiger partial charge < -0.3 is 10.8 Å². The third kappa shape index (κ3) is 4.79. The highest BCUT2D eigenvalue weighted by atomic mass is 32.1.